The lowest BCUT2D eigenvalue weighted by Crippen LogP contribution is -1.59. The van der Waals surface area contributed by atoms with Gasteiger partial charge in [-0.1, -0.05) is 11.6 Å². The molecule has 1 aromatic carbocycles. The van der Waals surface area contributed by atoms with E-state index in [-0.39, 0.29) is 5.48 Å². The zero-order chi connectivity index (χ0) is 6.69. The summed E-state index contributed by atoms with van der Waals surface area (Å²) < 4.78 is 0. The average Bonchev–Trinajstić information content (AvgIpc) is 1.90. The fourth-order valence-corrected chi connectivity index (χ4v) is 0.634. The molecule has 0 aromatic heterocycles. The predicted octanol–water partition coefficient (Wildman–Crippen LogP) is 2.65. The zero-order valence-corrected chi connectivity index (χ0v) is 5.78. The van der Waals surface area contributed by atoms with Gasteiger partial charge in [-0.25, -0.2) is 0 Å². The molecule has 0 aliphatic rings. The smallest absolute Gasteiger partial charge is 0.385 e. The van der Waals surface area contributed by atoms with Crippen LogP contribution in [0.2, 0.25) is 5.02 Å². The van der Waals surface area contributed by atoms with E-state index < -0.39 is 0 Å². The Morgan fingerprint density at radius 2 is 1.70 bits per heavy atom. The first-order valence-electron chi connectivity index (χ1n) is 2.43. The highest BCUT2D eigenvalue weighted by Crippen LogP contribution is 2.15. The fourth-order valence-electron chi connectivity index (χ4n) is 0.508. The Morgan fingerprint density at radius 1 is 1.20 bits per heavy atom. The maximum atomic E-state index is 8.21. The Labute approximate surface area is 63.2 Å². The van der Waals surface area contributed by atoms with Crippen molar-refractivity contribution in [3.63, 3.8) is 0 Å². The van der Waals surface area contributed by atoms with Gasteiger partial charge in [0, 0.05) is 17.2 Å². The molecule has 3 nitrogen and oxygen atoms in total. The predicted molar refractivity (Wildman–Crippen MR) is 38.1 cm³/mol. The van der Waals surface area contributed by atoms with Crippen LogP contribution in [0.25, 0.3) is 4.98 Å². The third kappa shape index (κ3) is 2.02. The molecule has 0 aliphatic carbocycles. The van der Waals surface area contributed by atoms with Crippen molar-refractivity contribution in [3.8, 4) is 0 Å². The van der Waals surface area contributed by atoms with Crippen LogP contribution in [0.5, 0.6) is 0 Å². The van der Waals surface area contributed by atoms with E-state index in [9.17, 15) is 0 Å². The standard InChI is InChI=1S/C6H4ClN2.H2O/c7-5-1-3-6(9-8)4-2-5;/h1-4H;1H2/q+1;/p-1. The molecule has 0 heterocycles. The molecule has 1 aromatic rings. The Morgan fingerprint density at radius 3 is 2.10 bits per heavy atom. The van der Waals surface area contributed by atoms with Crippen molar-refractivity contribution in [3.05, 3.63) is 34.3 Å². The van der Waals surface area contributed by atoms with Gasteiger partial charge in [-0.05, 0) is 12.1 Å². The van der Waals surface area contributed by atoms with Crippen LogP contribution in [-0.4, -0.2) is 5.48 Å². The summed E-state index contributed by atoms with van der Waals surface area (Å²) in [5.41, 5.74) is 0.513. The van der Waals surface area contributed by atoms with E-state index in [2.05, 4.69) is 4.98 Å². The molecule has 0 saturated heterocycles. The summed E-state index contributed by atoms with van der Waals surface area (Å²) in [6.45, 7) is 0. The molecule has 0 amide bonds. The molecule has 1 rings (SSSR count). The second kappa shape index (κ2) is 3.83. The Bertz CT molecular complexity index is 239. The topological polar surface area (TPSA) is 58.1 Å². The summed E-state index contributed by atoms with van der Waals surface area (Å²) in [6, 6.07) is 6.58. The van der Waals surface area contributed by atoms with E-state index in [1.165, 1.54) is 0 Å². The second-order valence-corrected chi connectivity index (χ2v) is 2.01. The highest BCUT2D eigenvalue weighted by atomic mass is 35.5. The third-order valence-electron chi connectivity index (χ3n) is 0.942. The van der Waals surface area contributed by atoms with Crippen LogP contribution in [0, 0.1) is 5.39 Å². The quantitative estimate of drug-likeness (QED) is 0.542. The van der Waals surface area contributed by atoms with E-state index in [1.54, 1.807) is 24.3 Å². The number of rotatable bonds is 0. The van der Waals surface area contributed by atoms with E-state index in [0.717, 1.165) is 0 Å². The lowest BCUT2D eigenvalue weighted by atomic mass is 10.3. The van der Waals surface area contributed by atoms with Crippen LogP contribution in [-0.2, 0) is 0 Å². The van der Waals surface area contributed by atoms with Crippen molar-refractivity contribution in [1.29, 1.82) is 5.39 Å². The summed E-state index contributed by atoms with van der Waals surface area (Å²) in [6.07, 6.45) is 0. The highest BCUT2D eigenvalue weighted by molar-refractivity contribution is 6.30. The SMILES string of the molecule is N#[N+]c1ccc(Cl)cc1.[OH-]. The molecular formula is C6H5ClN2O. The van der Waals surface area contributed by atoms with Crippen LogP contribution >= 0.6 is 11.6 Å². The van der Waals surface area contributed by atoms with E-state index in [0.29, 0.717) is 10.7 Å². The lowest BCUT2D eigenvalue weighted by molar-refractivity contribution is 0.824. The van der Waals surface area contributed by atoms with Crippen molar-refractivity contribution >= 4 is 17.3 Å². The van der Waals surface area contributed by atoms with Crippen molar-refractivity contribution in [2.45, 2.75) is 0 Å². The Balaban J connectivity index is 0.000000810. The van der Waals surface area contributed by atoms with Gasteiger partial charge in [0.2, 0.25) is 5.39 Å². The van der Waals surface area contributed by atoms with Crippen LogP contribution in [0.15, 0.2) is 24.3 Å². The van der Waals surface area contributed by atoms with Gasteiger partial charge in [0.1, 0.15) is 0 Å². The molecule has 0 spiro atoms. The number of nitrogens with zero attached hydrogens (tertiary/aromatic N) is 2. The Kier molecular flexibility index (Phi) is 3.40. The highest BCUT2D eigenvalue weighted by Gasteiger charge is 1.99. The minimum absolute atomic E-state index is 0. The molecule has 52 valence electrons. The minimum Gasteiger partial charge on any atom is -0.870 e. The average molecular weight is 157 g/mol. The van der Waals surface area contributed by atoms with Gasteiger partial charge in [0.15, 0.2) is 4.98 Å². The van der Waals surface area contributed by atoms with Crippen LogP contribution in [0.1, 0.15) is 0 Å². The van der Waals surface area contributed by atoms with E-state index in [4.69, 9.17) is 17.0 Å². The fraction of sp³-hybridized carbons (Fsp3) is 0. The second-order valence-electron chi connectivity index (χ2n) is 1.58. The van der Waals surface area contributed by atoms with Gasteiger partial charge >= 0.3 is 5.69 Å². The van der Waals surface area contributed by atoms with Gasteiger partial charge in [-0.15, -0.1) is 0 Å². The van der Waals surface area contributed by atoms with Gasteiger partial charge in [0.05, 0.1) is 0 Å². The normalized spacial score (nSPS) is 7.60. The monoisotopic (exact) mass is 156 g/mol. The van der Waals surface area contributed by atoms with Gasteiger partial charge in [-0.2, -0.15) is 0 Å². The summed E-state index contributed by atoms with van der Waals surface area (Å²) >= 11 is 5.55. The lowest BCUT2D eigenvalue weighted by Gasteiger charge is -1.78. The maximum absolute atomic E-state index is 8.21. The molecule has 0 saturated carbocycles. The van der Waals surface area contributed by atoms with Gasteiger partial charge < -0.3 is 5.48 Å². The molecule has 0 atom stereocenters. The molecule has 0 fully saturated rings. The summed E-state index contributed by atoms with van der Waals surface area (Å²) in [7, 11) is 0. The first kappa shape index (κ1) is 8.89. The summed E-state index contributed by atoms with van der Waals surface area (Å²) in [5.74, 6) is 0. The molecule has 10 heavy (non-hydrogen) atoms. The van der Waals surface area contributed by atoms with Gasteiger partial charge in [0.25, 0.3) is 0 Å². The van der Waals surface area contributed by atoms with Gasteiger partial charge in [-0.3, -0.25) is 0 Å². The van der Waals surface area contributed by atoms with Crippen molar-refractivity contribution in [2.75, 3.05) is 0 Å². The van der Waals surface area contributed by atoms with E-state index >= 15 is 0 Å². The van der Waals surface area contributed by atoms with E-state index in [1.807, 2.05) is 0 Å². The Hall–Kier alpha value is -1.11. The molecular weight excluding hydrogens is 152 g/mol. The van der Waals surface area contributed by atoms with Crippen LogP contribution in [0.3, 0.4) is 0 Å². The number of hydrogen-bond donors (Lipinski definition) is 0. The number of diazo groups is 1. The molecule has 1 N–H and O–H groups in total. The molecule has 0 radical (unpaired) electrons. The summed E-state index contributed by atoms with van der Waals surface area (Å²) in [5, 5.41) is 8.85. The number of hydrogen-bond acceptors (Lipinski definition) is 2. The first-order valence-corrected chi connectivity index (χ1v) is 2.81. The van der Waals surface area contributed by atoms with Crippen molar-refractivity contribution < 1.29 is 5.48 Å². The molecule has 4 heteroatoms. The van der Waals surface area contributed by atoms with Crippen molar-refractivity contribution in [1.82, 2.24) is 0 Å². The minimum atomic E-state index is 0. The zero-order valence-electron chi connectivity index (χ0n) is 5.03. The maximum Gasteiger partial charge on any atom is 0.385 e. The van der Waals surface area contributed by atoms with Crippen molar-refractivity contribution in [2.24, 2.45) is 0 Å². The summed E-state index contributed by atoms with van der Waals surface area (Å²) in [4.78, 5) is 2.95. The number of benzene rings is 1. The molecule has 0 bridgehead atoms. The largest absolute Gasteiger partial charge is 0.870 e. The third-order valence-corrected chi connectivity index (χ3v) is 1.19. The molecule has 0 unspecified atom stereocenters. The number of halogens is 1. The van der Waals surface area contributed by atoms with Crippen LogP contribution in [0.4, 0.5) is 5.69 Å². The van der Waals surface area contributed by atoms with Crippen LogP contribution < -0.4 is 0 Å². The first-order chi connectivity index (χ1) is 4.33. The molecule has 0 aliphatic heterocycles.